The smallest absolute Gasteiger partial charge is 0.224 e. The lowest BCUT2D eigenvalue weighted by Gasteiger charge is -2.23. The molecule has 0 amide bonds. The molecule has 1 aromatic rings. The number of aliphatic imine (C=N–C) groups is 2. The van der Waals surface area contributed by atoms with Crippen LogP contribution in [0.15, 0.2) is 36.8 Å². The highest BCUT2D eigenvalue weighted by Crippen LogP contribution is 2.31. The Morgan fingerprint density at radius 1 is 1.50 bits per heavy atom. The first-order valence-electron chi connectivity index (χ1n) is 5.16. The molecule has 18 heavy (non-hydrogen) atoms. The van der Waals surface area contributed by atoms with Gasteiger partial charge in [-0.05, 0) is 35.0 Å². The lowest BCUT2D eigenvalue weighted by atomic mass is 10.3. The quantitative estimate of drug-likeness (QED) is 0.767. The number of hydrogen-bond acceptors (Lipinski definition) is 6. The second kappa shape index (κ2) is 3.92. The Bertz CT molecular complexity index is 605. The lowest BCUT2D eigenvalue weighted by Crippen LogP contribution is -2.43. The van der Waals surface area contributed by atoms with E-state index in [9.17, 15) is 4.39 Å². The van der Waals surface area contributed by atoms with E-state index >= 15 is 0 Å². The number of hydrazine groups is 1. The number of nitrogens with one attached hydrogen (secondary N) is 1. The number of alkyl halides is 1. The minimum atomic E-state index is -1.38. The summed E-state index contributed by atoms with van der Waals surface area (Å²) in [6.45, 7) is 1.81. The zero-order valence-electron chi connectivity index (χ0n) is 9.32. The fourth-order valence-electron chi connectivity index (χ4n) is 1.73. The van der Waals surface area contributed by atoms with Gasteiger partial charge in [-0.3, -0.25) is 0 Å². The molecule has 1 atom stereocenters. The summed E-state index contributed by atoms with van der Waals surface area (Å²) < 4.78 is 19.3. The number of nitrogens with zero attached hydrogens (tertiary/aromatic N) is 3. The molecule has 0 aliphatic carbocycles. The second-order valence-electron chi connectivity index (χ2n) is 3.81. The minimum Gasteiger partial charge on any atom is -0.458 e. The molecule has 6 nitrogen and oxygen atoms in total. The third-order valence-electron chi connectivity index (χ3n) is 2.50. The van der Waals surface area contributed by atoms with Crippen LogP contribution in [0.3, 0.4) is 0 Å². The first-order valence-corrected chi connectivity index (χ1v) is 5.95. The molecule has 0 aromatic carbocycles. The second-order valence-corrected chi connectivity index (χ2v) is 4.67. The summed E-state index contributed by atoms with van der Waals surface area (Å²) in [6.07, 6.45) is -1.38. The van der Waals surface area contributed by atoms with Gasteiger partial charge in [-0.2, -0.15) is 15.4 Å². The summed E-state index contributed by atoms with van der Waals surface area (Å²) in [5, 5.41) is 1.41. The maximum absolute atomic E-state index is 13.6. The van der Waals surface area contributed by atoms with Crippen LogP contribution in [0.1, 0.15) is 11.5 Å². The number of hydrogen-bond donors (Lipinski definition) is 2. The van der Waals surface area contributed by atoms with E-state index in [4.69, 9.17) is 10.2 Å². The van der Waals surface area contributed by atoms with Gasteiger partial charge in [-0.25, -0.2) is 9.40 Å². The number of amidine groups is 1. The van der Waals surface area contributed by atoms with Crippen molar-refractivity contribution >= 4 is 27.7 Å². The van der Waals surface area contributed by atoms with Gasteiger partial charge in [0.05, 0.1) is 4.48 Å². The van der Waals surface area contributed by atoms with E-state index < -0.39 is 6.30 Å². The molecular weight excluding hydrogens is 305 g/mol. The third-order valence-corrected chi connectivity index (χ3v) is 3.26. The first kappa shape index (κ1) is 11.4. The van der Waals surface area contributed by atoms with Crippen LogP contribution in [0, 0.1) is 6.92 Å². The van der Waals surface area contributed by atoms with E-state index in [1.807, 2.05) is 6.92 Å². The van der Waals surface area contributed by atoms with E-state index in [0.29, 0.717) is 17.4 Å². The molecular formula is C10H9BrFN5O. The number of furan rings is 1. The number of halogens is 2. The highest BCUT2D eigenvalue weighted by molar-refractivity contribution is 9.11. The van der Waals surface area contributed by atoms with Crippen LogP contribution < -0.4 is 11.2 Å². The topological polar surface area (TPSA) is 79.1 Å². The normalized spacial score (nSPS) is 23.1. The zero-order valence-corrected chi connectivity index (χ0v) is 10.9. The van der Waals surface area contributed by atoms with Crippen molar-refractivity contribution in [2.75, 3.05) is 0 Å². The Morgan fingerprint density at radius 2 is 2.28 bits per heavy atom. The van der Waals surface area contributed by atoms with Crippen LogP contribution in [0.25, 0.3) is 0 Å². The summed E-state index contributed by atoms with van der Waals surface area (Å²) in [5.74, 6) is 2.00. The van der Waals surface area contributed by atoms with Crippen molar-refractivity contribution < 1.29 is 8.81 Å². The van der Waals surface area contributed by atoms with Gasteiger partial charge in [-0.15, -0.1) is 0 Å². The monoisotopic (exact) mass is 313 g/mol. The summed E-state index contributed by atoms with van der Waals surface area (Å²) in [5.41, 5.74) is 8.20. The molecule has 0 spiro atoms. The van der Waals surface area contributed by atoms with Gasteiger partial charge in [-0.1, -0.05) is 0 Å². The zero-order chi connectivity index (χ0) is 12.9. The highest BCUT2D eigenvalue weighted by Gasteiger charge is 2.36. The molecule has 2 aliphatic rings. The number of fused-ring (bicyclic) bond motifs is 1. The maximum Gasteiger partial charge on any atom is 0.224 e. The van der Waals surface area contributed by atoms with Crippen molar-refractivity contribution in [2.45, 2.75) is 13.2 Å². The molecule has 8 heteroatoms. The average Bonchev–Trinajstić information content (AvgIpc) is 2.86. The minimum absolute atomic E-state index is 0.0538. The third kappa shape index (κ3) is 1.65. The van der Waals surface area contributed by atoms with Crippen LogP contribution in [0.5, 0.6) is 0 Å². The number of nitrogens with two attached hydrogens (primary N) is 1. The summed E-state index contributed by atoms with van der Waals surface area (Å²) in [6, 6.07) is 3.53. The summed E-state index contributed by atoms with van der Waals surface area (Å²) in [4.78, 5) is 8.05. The molecule has 0 saturated carbocycles. The highest BCUT2D eigenvalue weighted by atomic mass is 79.9. The van der Waals surface area contributed by atoms with Gasteiger partial charge in [0.1, 0.15) is 5.76 Å². The Balaban J connectivity index is 2.09. The predicted octanol–water partition coefficient (Wildman–Crippen LogP) is 1.34. The van der Waals surface area contributed by atoms with Crippen LogP contribution in [-0.4, -0.2) is 23.1 Å². The first-order chi connectivity index (χ1) is 8.56. The van der Waals surface area contributed by atoms with E-state index in [-0.39, 0.29) is 10.4 Å². The number of guanidine groups is 1. The van der Waals surface area contributed by atoms with E-state index in [2.05, 4.69) is 31.3 Å². The van der Waals surface area contributed by atoms with E-state index in [1.54, 1.807) is 12.1 Å². The molecule has 94 valence electrons. The van der Waals surface area contributed by atoms with Gasteiger partial charge >= 0.3 is 0 Å². The fourth-order valence-corrected chi connectivity index (χ4v) is 2.10. The Labute approximate surface area is 110 Å². The number of rotatable bonds is 1. The van der Waals surface area contributed by atoms with Crippen LogP contribution in [0.2, 0.25) is 0 Å². The molecule has 0 radical (unpaired) electrons. The van der Waals surface area contributed by atoms with E-state index in [0.717, 1.165) is 5.76 Å². The summed E-state index contributed by atoms with van der Waals surface area (Å²) >= 11 is 3.13. The van der Waals surface area contributed by atoms with Crippen molar-refractivity contribution in [3.8, 4) is 0 Å². The van der Waals surface area contributed by atoms with Gasteiger partial charge in [0.15, 0.2) is 17.4 Å². The molecule has 2 aliphatic heterocycles. The Morgan fingerprint density at radius 3 is 2.94 bits per heavy atom. The SMILES string of the molecule is Cc1ccc(C2=NC(N)=NC3=C(Br)C(F)NN23)o1. The Hall–Kier alpha value is -1.67. The lowest BCUT2D eigenvalue weighted by molar-refractivity contribution is 0.255. The standard InChI is InChI=1S/C10H9BrFN5O/c1-4-2-3-5(18-4)8-14-10(13)15-9-6(11)7(12)16-17(8)9/h2-3,7,16H,1H3,(H2,13,15). The van der Waals surface area contributed by atoms with Crippen molar-refractivity contribution in [2.24, 2.45) is 15.7 Å². The van der Waals surface area contributed by atoms with Crippen molar-refractivity contribution in [3.05, 3.63) is 34.0 Å². The molecule has 0 saturated heterocycles. The van der Waals surface area contributed by atoms with Gasteiger partial charge in [0.2, 0.25) is 12.3 Å². The molecule has 1 aromatic heterocycles. The van der Waals surface area contributed by atoms with Gasteiger partial charge in [0, 0.05) is 0 Å². The average molecular weight is 314 g/mol. The predicted molar refractivity (Wildman–Crippen MR) is 67.4 cm³/mol. The summed E-state index contributed by atoms with van der Waals surface area (Å²) in [7, 11) is 0. The van der Waals surface area contributed by atoms with Crippen molar-refractivity contribution in [1.29, 1.82) is 0 Å². The molecule has 3 N–H and O–H groups in total. The molecule has 3 heterocycles. The Kier molecular flexibility index (Phi) is 2.49. The van der Waals surface area contributed by atoms with Gasteiger partial charge in [0.25, 0.3) is 0 Å². The fraction of sp³-hybridized carbons (Fsp3) is 0.200. The van der Waals surface area contributed by atoms with Crippen LogP contribution >= 0.6 is 15.9 Å². The van der Waals surface area contributed by atoms with Crippen LogP contribution in [-0.2, 0) is 0 Å². The molecule has 0 fully saturated rings. The van der Waals surface area contributed by atoms with Crippen molar-refractivity contribution in [3.63, 3.8) is 0 Å². The molecule has 3 rings (SSSR count). The van der Waals surface area contributed by atoms with Gasteiger partial charge < -0.3 is 10.2 Å². The number of aryl methyl sites for hydroxylation is 1. The molecule has 1 unspecified atom stereocenters. The molecule has 0 bridgehead atoms. The largest absolute Gasteiger partial charge is 0.458 e. The maximum atomic E-state index is 13.6. The van der Waals surface area contributed by atoms with E-state index in [1.165, 1.54) is 5.01 Å². The van der Waals surface area contributed by atoms with Crippen LogP contribution in [0.4, 0.5) is 4.39 Å². The van der Waals surface area contributed by atoms with Crippen molar-refractivity contribution in [1.82, 2.24) is 10.4 Å².